The highest BCUT2D eigenvalue weighted by atomic mass is 16.5. The quantitative estimate of drug-likeness (QED) is 0.382. The smallest absolute Gasteiger partial charge is 0.206 e. The maximum Gasteiger partial charge on any atom is 0.206 e. The topological polar surface area (TPSA) is 100 Å². The summed E-state index contributed by atoms with van der Waals surface area (Å²) in [4.78, 5) is 13.0. The Balaban J connectivity index is 2.58. The van der Waals surface area contributed by atoms with Gasteiger partial charge in [-0.3, -0.25) is 4.79 Å². The van der Waals surface area contributed by atoms with Gasteiger partial charge < -0.3 is 24.5 Å². The minimum absolute atomic E-state index is 0.00423. The van der Waals surface area contributed by atoms with E-state index in [1.54, 1.807) is 0 Å². The lowest BCUT2D eigenvalue weighted by Gasteiger charge is -2.14. The van der Waals surface area contributed by atoms with Crippen molar-refractivity contribution in [1.29, 1.82) is 0 Å². The number of allylic oxidation sites excluding steroid dienone is 2. The van der Waals surface area contributed by atoms with Crippen molar-refractivity contribution in [3.05, 3.63) is 45.6 Å². The van der Waals surface area contributed by atoms with Crippen molar-refractivity contribution in [2.24, 2.45) is 0 Å². The first-order chi connectivity index (χ1) is 11.9. The van der Waals surface area contributed by atoms with Crippen molar-refractivity contribution in [3.8, 4) is 23.0 Å². The summed E-state index contributed by atoms with van der Waals surface area (Å²) in [5.74, 6) is -1.28. The van der Waals surface area contributed by atoms with Crippen LogP contribution >= 0.6 is 0 Å². The monoisotopic (exact) mass is 342 g/mol. The number of phenolic OH excluding ortho intramolecular Hbond substituents is 3. The van der Waals surface area contributed by atoms with Crippen LogP contribution in [0.1, 0.15) is 19.4 Å². The number of ether oxygens (including phenoxy) is 1. The van der Waals surface area contributed by atoms with Gasteiger partial charge in [-0.25, -0.2) is 0 Å². The number of hydrogen-bond donors (Lipinski definition) is 3. The van der Waals surface area contributed by atoms with E-state index < -0.39 is 16.9 Å². The molecule has 1 heterocycles. The second-order valence-electron chi connectivity index (χ2n) is 5.98. The molecular formula is C19H18O6. The van der Waals surface area contributed by atoms with Gasteiger partial charge in [0.25, 0.3) is 0 Å². The largest absolute Gasteiger partial charge is 0.507 e. The van der Waals surface area contributed by atoms with Gasteiger partial charge in [-0.2, -0.15) is 0 Å². The lowest BCUT2D eigenvalue weighted by molar-refractivity contribution is 0.348. The Morgan fingerprint density at radius 3 is 2.52 bits per heavy atom. The third-order valence-corrected chi connectivity index (χ3v) is 4.05. The Kier molecular flexibility index (Phi) is 4.04. The molecule has 0 spiro atoms. The van der Waals surface area contributed by atoms with Crippen LogP contribution in [0.3, 0.4) is 0 Å². The van der Waals surface area contributed by atoms with Gasteiger partial charge in [0.2, 0.25) is 16.9 Å². The molecule has 6 nitrogen and oxygen atoms in total. The third-order valence-electron chi connectivity index (χ3n) is 4.05. The first-order valence-electron chi connectivity index (χ1n) is 7.69. The van der Waals surface area contributed by atoms with Crippen molar-refractivity contribution in [1.82, 2.24) is 0 Å². The molecule has 6 heteroatoms. The number of benzene rings is 2. The van der Waals surface area contributed by atoms with E-state index in [0.29, 0.717) is 12.0 Å². The molecule has 3 N–H and O–H groups in total. The Morgan fingerprint density at radius 1 is 1.16 bits per heavy atom. The van der Waals surface area contributed by atoms with Crippen molar-refractivity contribution in [2.45, 2.75) is 20.3 Å². The van der Waals surface area contributed by atoms with E-state index in [1.807, 2.05) is 19.9 Å². The van der Waals surface area contributed by atoms with E-state index in [0.717, 1.165) is 5.57 Å². The lowest BCUT2D eigenvalue weighted by atomic mass is 10.00. The molecule has 0 aliphatic rings. The Bertz CT molecular complexity index is 1070. The normalized spacial score (nSPS) is 11.0. The van der Waals surface area contributed by atoms with Crippen molar-refractivity contribution < 1.29 is 24.5 Å². The molecule has 0 unspecified atom stereocenters. The number of hydrogen-bond acceptors (Lipinski definition) is 6. The van der Waals surface area contributed by atoms with Crippen LogP contribution in [0, 0.1) is 0 Å². The molecule has 2 aromatic carbocycles. The van der Waals surface area contributed by atoms with E-state index >= 15 is 0 Å². The van der Waals surface area contributed by atoms with E-state index in [-0.39, 0.29) is 33.4 Å². The average molecular weight is 342 g/mol. The first kappa shape index (κ1) is 16.7. The van der Waals surface area contributed by atoms with Crippen molar-refractivity contribution >= 4 is 21.9 Å². The van der Waals surface area contributed by atoms with Gasteiger partial charge in [0, 0.05) is 5.56 Å². The predicted molar refractivity (Wildman–Crippen MR) is 94.7 cm³/mol. The molecule has 0 aliphatic carbocycles. The molecule has 0 radical (unpaired) electrons. The zero-order chi connectivity index (χ0) is 18.3. The Morgan fingerprint density at radius 2 is 1.88 bits per heavy atom. The van der Waals surface area contributed by atoms with Crippen LogP contribution in [0.15, 0.2) is 39.1 Å². The lowest BCUT2D eigenvalue weighted by Crippen LogP contribution is -2.07. The predicted octanol–water partition coefficient (Wildman–Crippen LogP) is 3.58. The molecule has 130 valence electrons. The molecule has 0 saturated carbocycles. The summed E-state index contributed by atoms with van der Waals surface area (Å²) in [7, 11) is 1.34. The van der Waals surface area contributed by atoms with Crippen molar-refractivity contribution in [3.63, 3.8) is 0 Å². The summed E-state index contributed by atoms with van der Waals surface area (Å²) in [5.41, 5.74) is 0.868. The zero-order valence-electron chi connectivity index (χ0n) is 14.1. The second kappa shape index (κ2) is 6.05. The maximum atomic E-state index is 13.0. The van der Waals surface area contributed by atoms with Gasteiger partial charge in [-0.1, -0.05) is 17.7 Å². The van der Waals surface area contributed by atoms with Crippen LogP contribution in [0.5, 0.6) is 23.0 Å². The molecule has 0 fully saturated rings. The van der Waals surface area contributed by atoms with E-state index in [4.69, 9.17) is 9.15 Å². The van der Waals surface area contributed by atoms with Gasteiger partial charge >= 0.3 is 0 Å². The van der Waals surface area contributed by atoms with Crippen LogP contribution in [0.2, 0.25) is 0 Å². The van der Waals surface area contributed by atoms with Gasteiger partial charge in [0.1, 0.15) is 16.7 Å². The molecule has 0 aliphatic heterocycles. The second-order valence-corrected chi connectivity index (χ2v) is 5.98. The molecular weight excluding hydrogens is 324 g/mol. The Hall–Kier alpha value is -3.15. The van der Waals surface area contributed by atoms with Crippen LogP contribution in [0.25, 0.3) is 21.9 Å². The minimum atomic E-state index is -0.574. The van der Waals surface area contributed by atoms with Crippen molar-refractivity contribution in [2.75, 3.05) is 7.11 Å². The fraction of sp³-hybridized carbons (Fsp3) is 0.211. The fourth-order valence-corrected chi connectivity index (χ4v) is 2.86. The summed E-state index contributed by atoms with van der Waals surface area (Å²) in [6.45, 7) is 3.80. The zero-order valence-corrected chi connectivity index (χ0v) is 14.1. The van der Waals surface area contributed by atoms with E-state index in [9.17, 15) is 20.1 Å². The summed E-state index contributed by atoms with van der Waals surface area (Å²) >= 11 is 0. The molecule has 0 amide bonds. The average Bonchev–Trinajstić information content (AvgIpc) is 2.56. The van der Waals surface area contributed by atoms with E-state index in [1.165, 1.54) is 25.3 Å². The highest BCUT2D eigenvalue weighted by Gasteiger charge is 2.25. The number of methoxy groups -OCH3 is 1. The minimum Gasteiger partial charge on any atom is -0.507 e. The van der Waals surface area contributed by atoms with Gasteiger partial charge in [0.05, 0.1) is 12.5 Å². The molecule has 3 rings (SSSR count). The number of fused-ring (bicyclic) bond motifs is 2. The molecule has 1 aromatic heterocycles. The van der Waals surface area contributed by atoms with Crippen LogP contribution in [-0.4, -0.2) is 22.4 Å². The highest BCUT2D eigenvalue weighted by molar-refractivity contribution is 5.99. The van der Waals surface area contributed by atoms with Crippen LogP contribution in [-0.2, 0) is 6.42 Å². The maximum absolute atomic E-state index is 13.0. The Labute approximate surface area is 143 Å². The van der Waals surface area contributed by atoms with E-state index in [2.05, 4.69) is 0 Å². The number of aromatic hydroxyl groups is 3. The molecule has 0 bridgehead atoms. The molecule has 25 heavy (non-hydrogen) atoms. The fourth-order valence-electron chi connectivity index (χ4n) is 2.86. The number of rotatable bonds is 3. The van der Waals surface area contributed by atoms with Gasteiger partial charge in [-0.05, 0) is 32.4 Å². The van der Waals surface area contributed by atoms with Gasteiger partial charge in [-0.15, -0.1) is 0 Å². The third kappa shape index (κ3) is 2.55. The molecule has 3 aromatic rings. The highest BCUT2D eigenvalue weighted by Crippen LogP contribution is 2.45. The first-order valence-corrected chi connectivity index (χ1v) is 7.69. The van der Waals surface area contributed by atoms with Gasteiger partial charge in [0.15, 0.2) is 11.3 Å². The summed E-state index contributed by atoms with van der Waals surface area (Å²) in [6, 6.07) is 4.42. The summed E-state index contributed by atoms with van der Waals surface area (Å²) in [5, 5.41) is 30.7. The molecule has 0 saturated heterocycles. The summed E-state index contributed by atoms with van der Waals surface area (Å²) in [6.07, 6.45) is 2.15. The van der Waals surface area contributed by atoms with Crippen LogP contribution in [0.4, 0.5) is 0 Å². The standard InChI is InChI=1S/C19H18O6/c1-9(2)7-8-10-13-15(21)14-11(20)5-4-6-12(14)25-19(13)17(23)16(22)18(10)24-3/h4-7,20,22-23H,8H2,1-3H3. The molecule has 0 atom stereocenters. The number of phenols is 3. The SMILES string of the molecule is COc1c(O)c(O)c2oc3cccc(O)c3c(=O)c2c1CC=C(C)C. The summed E-state index contributed by atoms with van der Waals surface area (Å²) < 4.78 is 10.8. The van der Waals surface area contributed by atoms with Crippen LogP contribution < -0.4 is 10.2 Å².